The molecular weight excluding hydrogens is 1080 g/mol. The van der Waals surface area contributed by atoms with Gasteiger partial charge in [-0.15, -0.1) is 11.3 Å². The van der Waals surface area contributed by atoms with Gasteiger partial charge in [0.15, 0.2) is 5.58 Å². The standard InChI is InChI=1S/C79H70N6OS/c1-11-13-26-62-56-25-16-20-29-66(56)85(79(62,9)10)72-61(43-81)70(84-67-39-45(4)44(3)38-57(67)53-33-35-55-59(40-47-37-46(47)5)69(12-2)87-77(55)74(53)84)60(42-80)71(82-63-27-18-14-22-49(63)50-23-15-19-28-64(50)82)75(72)83-65-36-31-48(78(6,7)8)41-58(65)52-32-34-54-51-24-17-21-30-68(51)86-76(54)73(52)83/h13-19,21-28,30-36,38-41,46,60,62,70H,11-12,20,29,37H2,1-10H3/b26-13-,47-40-. The smallest absolute Gasteiger partial charge is 0.160 e. The van der Waals surface area contributed by atoms with Gasteiger partial charge in [0.1, 0.15) is 11.5 Å². The van der Waals surface area contributed by atoms with E-state index in [2.05, 4.69) is 252 Å². The largest absolute Gasteiger partial charge is 0.454 e. The summed E-state index contributed by atoms with van der Waals surface area (Å²) in [6.07, 6.45) is 16.5. The predicted octanol–water partition coefficient (Wildman–Crippen LogP) is 21.3. The van der Waals surface area contributed by atoms with Gasteiger partial charge in [0.25, 0.3) is 0 Å². The van der Waals surface area contributed by atoms with Crippen molar-refractivity contribution in [1.82, 2.24) is 18.6 Å². The van der Waals surface area contributed by atoms with E-state index >= 15 is 0 Å². The minimum atomic E-state index is -0.954. The number of nitrogens with zero attached hydrogens (tertiary/aromatic N) is 6. The topological polar surface area (TPSA) is 78.8 Å². The number of hydrogen-bond acceptors (Lipinski definition) is 5. The molecule has 12 aromatic rings. The van der Waals surface area contributed by atoms with Crippen molar-refractivity contribution >= 4 is 126 Å². The van der Waals surface area contributed by atoms with Crippen LogP contribution in [0.4, 0.5) is 0 Å². The van der Waals surface area contributed by atoms with E-state index in [4.69, 9.17) is 4.42 Å². The first-order valence-electron chi connectivity index (χ1n) is 31.4. The number of para-hydroxylation sites is 3. The molecule has 0 bridgehead atoms. The highest BCUT2D eigenvalue weighted by Crippen LogP contribution is 2.59. The lowest BCUT2D eigenvalue weighted by Crippen LogP contribution is -2.45. The number of thiophene rings is 1. The molecule has 3 aliphatic carbocycles. The molecule has 4 aliphatic rings. The van der Waals surface area contributed by atoms with E-state index in [1.807, 2.05) is 17.4 Å². The Labute approximate surface area is 512 Å². The summed E-state index contributed by atoms with van der Waals surface area (Å²) in [6, 6.07) is 52.2. The van der Waals surface area contributed by atoms with Crippen LogP contribution in [0.5, 0.6) is 0 Å². The van der Waals surface area contributed by atoms with Gasteiger partial charge in [-0.2, -0.15) is 10.5 Å². The first-order chi connectivity index (χ1) is 42.2. The molecule has 1 saturated carbocycles. The second-order valence-electron chi connectivity index (χ2n) is 26.7. The van der Waals surface area contributed by atoms with Crippen molar-refractivity contribution in [2.45, 2.75) is 118 Å². The number of aryl methyl sites for hydroxylation is 3. The van der Waals surface area contributed by atoms with Crippen LogP contribution in [0.15, 0.2) is 184 Å². The molecule has 7 aromatic carbocycles. The van der Waals surface area contributed by atoms with E-state index < -0.39 is 17.5 Å². The highest BCUT2D eigenvalue weighted by Gasteiger charge is 2.53. The zero-order valence-electron chi connectivity index (χ0n) is 51.4. The molecule has 1 aliphatic heterocycles. The molecule has 0 radical (unpaired) electrons. The third-order valence-electron chi connectivity index (χ3n) is 20.3. The molecule has 4 atom stereocenters. The first-order valence-corrected chi connectivity index (χ1v) is 32.2. The van der Waals surface area contributed by atoms with Crippen LogP contribution in [0, 0.1) is 54.3 Å². The van der Waals surface area contributed by atoms with Crippen molar-refractivity contribution in [1.29, 1.82) is 10.5 Å². The summed E-state index contributed by atoms with van der Waals surface area (Å²) in [5, 5.41) is 36.2. The maximum atomic E-state index is 13.2. The zero-order chi connectivity index (χ0) is 59.7. The number of fused-ring (bicyclic) bond motifs is 15. The van der Waals surface area contributed by atoms with Crippen LogP contribution in [-0.4, -0.2) is 24.1 Å². The zero-order valence-corrected chi connectivity index (χ0v) is 52.2. The van der Waals surface area contributed by atoms with E-state index in [9.17, 15) is 10.5 Å². The van der Waals surface area contributed by atoms with Crippen LogP contribution in [0.25, 0.3) is 115 Å². The van der Waals surface area contributed by atoms with Gasteiger partial charge in [-0.1, -0.05) is 156 Å². The van der Waals surface area contributed by atoms with Crippen molar-refractivity contribution in [3.8, 4) is 12.1 Å². The fraction of sp³-hybridized carbons (Fsp3) is 0.266. The van der Waals surface area contributed by atoms with Crippen LogP contribution in [0.1, 0.15) is 114 Å². The van der Waals surface area contributed by atoms with Crippen molar-refractivity contribution in [2.24, 2.45) is 17.8 Å². The Kier molecular flexibility index (Phi) is 11.8. The van der Waals surface area contributed by atoms with Gasteiger partial charge in [-0.3, -0.25) is 0 Å². The Hall–Kier alpha value is -9.08. The number of allylic oxidation sites excluding steroid dienone is 8. The maximum Gasteiger partial charge on any atom is 0.160 e. The van der Waals surface area contributed by atoms with Crippen LogP contribution in [-0.2, 0) is 11.8 Å². The summed E-state index contributed by atoms with van der Waals surface area (Å²) in [5.41, 5.74) is 18.6. The summed E-state index contributed by atoms with van der Waals surface area (Å²) in [7, 11) is 0. The molecule has 0 spiro atoms. The minimum absolute atomic E-state index is 0.0186. The third kappa shape index (κ3) is 7.50. The fourth-order valence-electron chi connectivity index (χ4n) is 15.7. The lowest BCUT2D eigenvalue weighted by atomic mass is 9.79. The molecule has 428 valence electrons. The van der Waals surface area contributed by atoms with Gasteiger partial charge in [0.2, 0.25) is 0 Å². The van der Waals surface area contributed by atoms with E-state index in [1.54, 1.807) is 0 Å². The molecular formula is C79H70N6OS. The summed E-state index contributed by atoms with van der Waals surface area (Å²) in [4.78, 5) is 3.96. The Bertz CT molecular complexity index is 5280. The van der Waals surface area contributed by atoms with Crippen LogP contribution in [0.2, 0.25) is 0 Å². The minimum Gasteiger partial charge on any atom is -0.454 e. The van der Waals surface area contributed by atoms with Crippen LogP contribution in [0.3, 0.4) is 0 Å². The molecule has 0 N–H and O–H groups in total. The normalized spacial score (nSPS) is 20.3. The average molecular weight is 1150 g/mol. The first kappa shape index (κ1) is 53.4. The van der Waals surface area contributed by atoms with E-state index in [-0.39, 0.29) is 11.3 Å². The number of nitriles is 2. The quantitative estimate of drug-likeness (QED) is 0.142. The molecule has 0 saturated heterocycles. The van der Waals surface area contributed by atoms with Gasteiger partial charge >= 0.3 is 0 Å². The maximum absolute atomic E-state index is 13.2. The van der Waals surface area contributed by atoms with Gasteiger partial charge in [-0.25, -0.2) is 0 Å². The number of rotatable bonds is 8. The van der Waals surface area contributed by atoms with Gasteiger partial charge in [0, 0.05) is 70.5 Å². The van der Waals surface area contributed by atoms with Crippen LogP contribution >= 0.6 is 11.3 Å². The Balaban J connectivity index is 1.17. The average Bonchev–Trinajstić information content (AvgIpc) is 1.63. The highest BCUT2D eigenvalue weighted by atomic mass is 32.1. The van der Waals surface area contributed by atoms with Crippen molar-refractivity contribution in [3.63, 3.8) is 0 Å². The SMILES string of the molecule is CC/C=C\C1C2=C(CCC=C2)N(C2=C(C#N)C(n3c4cc(C)c(C)cc4c4ccc5c(/C=C6/CC6C)c(CC)sc5c43)C(C#N)C(n3c4ccccc4c4ccccc43)=C2n2c3ccc(C(C)(C)C)cc3c3ccc4c5ccccc5oc4c32)C1(C)C. The lowest BCUT2D eigenvalue weighted by molar-refractivity contribution is 0.208. The second-order valence-corrected chi connectivity index (χ2v) is 27.8. The Morgan fingerprint density at radius 2 is 1.37 bits per heavy atom. The second kappa shape index (κ2) is 19.2. The molecule has 1 fully saturated rings. The Morgan fingerprint density at radius 3 is 2.06 bits per heavy atom. The summed E-state index contributed by atoms with van der Waals surface area (Å²) in [6.45, 7) is 22.9. The predicted molar refractivity (Wildman–Crippen MR) is 365 cm³/mol. The fourth-order valence-corrected chi connectivity index (χ4v) is 17.0. The van der Waals surface area contributed by atoms with Gasteiger partial charge in [-0.05, 0) is 147 Å². The molecule has 5 aromatic heterocycles. The van der Waals surface area contributed by atoms with Crippen molar-refractivity contribution < 1.29 is 4.42 Å². The molecule has 6 heterocycles. The molecule has 87 heavy (non-hydrogen) atoms. The van der Waals surface area contributed by atoms with E-state index in [0.717, 1.165) is 142 Å². The summed E-state index contributed by atoms with van der Waals surface area (Å²) >= 11 is 1.89. The molecule has 0 amide bonds. The van der Waals surface area contributed by atoms with Gasteiger partial charge in [0.05, 0.1) is 78.6 Å². The van der Waals surface area contributed by atoms with Crippen molar-refractivity contribution in [2.75, 3.05) is 0 Å². The van der Waals surface area contributed by atoms with Crippen LogP contribution < -0.4 is 0 Å². The lowest BCUT2D eigenvalue weighted by Gasteiger charge is -2.46. The summed E-state index contributed by atoms with van der Waals surface area (Å²) < 4.78 is 15.9. The number of benzene rings is 7. The Morgan fingerprint density at radius 1 is 0.713 bits per heavy atom. The molecule has 4 unspecified atom stereocenters. The highest BCUT2D eigenvalue weighted by molar-refractivity contribution is 7.20. The van der Waals surface area contributed by atoms with Crippen molar-refractivity contribution in [3.05, 3.63) is 207 Å². The van der Waals surface area contributed by atoms with E-state index in [0.29, 0.717) is 11.5 Å². The molecule has 7 nitrogen and oxygen atoms in total. The number of aromatic nitrogens is 3. The monoisotopic (exact) mass is 1150 g/mol. The van der Waals surface area contributed by atoms with E-state index in [1.165, 1.54) is 48.5 Å². The molecule has 8 heteroatoms. The number of hydrogen-bond donors (Lipinski definition) is 0. The number of furan rings is 1. The molecule has 16 rings (SSSR count). The third-order valence-corrected chi connectivity index (χ3v) is 21.6. The summed E-state index contributed by atoms with van der Waals surface area (Å²) in [5.74, 6) is -0.397. The van der Waals surface area contributed by atoms with Gasteiger partial charge < -0.3 is 23.0 Å².